The summed E-state index contributed by atoms with van der Waals surface area (Å²) in [6, 6.07) is 5.08. The van der Waals surface area contributed by atoms with Crippen molar-refractivity contribution in [3.8, 4) is 5.75 Å². The highest BCUT2D eigenvalue weighted by Crippen LogP contribution is 2.33. The average molecular weight is 214 g/mol. The van der Waals surface area contributed by atoms with Crippen LogP contribution in [0.3, 0.4) is 0 Å². The van der Waals surface area contributed by atoms with Crippen molar-refractivity contribution in [1.82, 2.24) is 0 Å². The Morgan fingerprint density at radius 2 is 2.00 bits per heavy atom. The summed E-state index contributed by atoms with van der Waals surface area (Å²) in [6.07, 6.45) is -3.70. The molecule has 0 fully saturated rings. The van der Waals surface area contributed by atoms with E-state index in [-0.39, 0.29) is 5.75 Å². The predicted octanol–water partition coefficient (Wildman–Crippen LogP) is 3.33. The highest BCUT2D eigenvalue weighted by Gasteiger charge is 2.41. The van der Waals surface area contributed by atoms with Crippen molar-refractivity contribution >= 4 is 6.08 Å². The first-order chi connectivity index (χ1) is 6.97. The van der Waals surface area contributed by atoms with Crippen LogP contribution >= 0.6 is 0 Å². The van der Waals surface area contributed by atoms with Crippen LogP contribution in [0.4, 0.5) is 13.2 Å². The van der Waals surface area contributed by atoms with E-state index in [0.717, 1.165) is 11.6 Å². The van der Waals surface area contributed by atoms with Crippen LogP contribution in [-0.4, -0.2) is 12.3 Å². The van der Waals surface area contributed by atoms with Crippen LogP contribution < -0.4 is 4.74 Å². The Morgan fingerprint density at radius 1 is 1.27 bits per heavy atom. The van der Waals surface area contributed by atoms with E-state index in [1.165, 1.54) is 6.08 Å². The lowest BCUT2D eigenvalue weighted by Crippen LogP contribution is -2.33. The Morgan fingerprint density at radius 3 is 2.67 bits per heavy atom. The zero-order valence-electron chi connectivity index (χ0n) is 8.01. The average Bonchev–Trinajstić information content (AvgIpc) is 2.15. The zero-order valence-corrected chi connectivity index (χ0v) is 8.01. The van der Waals surface area contributed by atoms with Crippen molar-refractivity contribution < 1.29 is 17.9 Å². The number of ether oxygens (including phenoxy) is 1. The molecule has 1 nitrogen and oxygen atoms in total. The van der Waals surface area contributed by atoms with E-state index in [9.17, 15) is 13.2 Å². The van der Waals surface area contributed by atoms with Crippen LogP contribution in [-0.2, 0) is 0 Å². The third kappa shape index (κ3) is 1.98. The molecular formula is C11H9F3O. The molecule has 0 saturated carbocycles. The molecule has 1 aromatic carbocycles. The normalized spacial score (nSPS) is 19.6. The van der Waals surface area contributed by atoms with Crippen LogP contribution in [0, 0.1) is 6.92 Å². The molecule has 15 heavy (non-hydrogen) atoms. The summed E-state index contributed by atoms with van der Waals surface area (Å²) in [5.74, 6) is 0.283. The summed E-state index contributed by atoms with van der Waals surface area (Å²) < 4.78 is 41.9. The topological polar surface area (TPSA) is 9.23 Å². The molecule has 4 heteroatoms. The van der Waals surface area contributed by atoms with Gasteiger partial charge < -0.3 is 4.74 Å². The number of halogens is 3. The molecule has 80 valence electrons. The van der Waals surface area contributed by atoms with E-state index in [4.69, 9.17) is 4.74 Å². The summed E-state index contributed by atoms with van der Waals surface area (Å²) in [6.45, 7) is 1.88. The number of rotatable bonds is 0. The van der Waals surface area contributed by atoms with Gasteiger partial charge in [0.2, 0.25) is 6.10 Å². The Labute approximate surface area is 85.2 Å². The molecule has 0 radical (unpaired) electrons. The standard InChI is InChI=1S/C11H9F3O/c1-7-2-4-9-8(6-7)3-5-10(15-9)11(12,13)14/h2-6,10H,1H3. The Kier molecular flexibility index (Phi) is 2.21. The van der Waals surface area contributed by atoms with Crippen molar-refractivity contribution in [2.75, 3.05) is 0 Å². The smallest absolute Gasteiger partial charge is 0.429 e. The third-order valence-electron chi connectivity index (χ3n) is 2.19. The zero-order chi connectivity index (χ0) is 11.1. The number of benzene rings is 1. The molecule has 1 aromatic rings. The molecule has 1 aliphatic heterocycles. The summed E-state index contributed by atoms with van der Waals surface area (Å²) in [5, 5.41) is 0. The van der Waals surface area contributed by atoms with Crippen LogP contribution in [0.25, 0.3) is 6.08 Å². The van der Waals surface area contributed by atoms with Gasteiger partial charge in [-0.3, -0.25) is 0 Å². The summed E-state index contributed by atoms with van der Waals surface area (Å²) in [4.78, 5) is 0. The number of hydrogen-bond acceptors (Lipinski definition) is 1. The first-order valence-corrected chi connectivity index (χ1v) is 4.49. The maximum absolute atomic E-state index is 12.3. The lowest BCUT2D eigenvalue weighted by molar-refractivity contribution is -0.180. The van der Waals surface area contributed by atoms with Gasteiger partial charge in [0, 0.05) is 5.56 Å². The molecule has 0 aliphatic carbocycles. The number of fused-ring (bicyclic) bond motifs is 1. The van der Waals surface area contributed by atoms with Gasteiger partial charge in [0.05, 0.1) is 0 Å². The van der Waals surface area contributed by atoms with Crippen molar-refractivity contribution in [3.63, 3.8) is 0 Å². The van der Waals surface area contributed by atoms with Crippen LogP contribution in [0.5, 0.6) is 5.75 Å². The number of alkyl halides is 3. The molecule has 1 aliphatic rings. The van der Waals surface area contributed by atoms with Gasteiger partial charge in [0.15, 0.2) is 0 Å². The van der Waals surface area contributed by atoms with Crippen molar-refractivity contribution in [3.05, 3.63) is 35.4 Å². The molecule has 0 bridgehead atoms. The third-order valence-corrected chi connectivity index (χ3v) is 2.19. The monoisotopic (exact) mass is 214 g/mol. The molecular weight excluding hydrogens is 205 g/mol. The van der Waals surface area contributed by atoms with Crippen molar-refractivity contribution in [2.24, 2.45) is 0 Å². The van der Waals surface area contributed by atoms with Gasteiger partial charge in [-0.15, -0.1) is 0 Å². The maximum Gasteiger partial charge on any atom is 0.429 e. The second kappa shape index (κ2) is 3.29. The lowest BCUT2D eigenvalue weighted by Gasteiger charge is -2.23. The van der Waals surface area contributed by atoms with Crippen LogP contribution in [0.2, 0.25) is 0 Å². The molecule has 0 amide bonds. The molecule has 0 saturated heterocycles. The maximum atomic E-state index is 12.3. The van der Waals surface area contributed by atoms with Crippen LogP contribution in [0.1, 0.15) is 11.1 Å². The molecule has 0 spiro atoms. The first-order valence-electron chi connectivity index (χ1n) is 4.49. The Balaban J connectivity index is 2.32. The van der Waals surface area contributed by atoms with Crippen molar-refractivity contribution in [2.45, 2.75) is 19.2 Å². The fourth-order valence-corrected chi connectivity index (χ4v) is 1.45. The lowest BCUT2D eigenvalue weighted by atomic mass is 10.1. The highest BCUT2D eigenvalue weighted by atomic mass is 19.4. The molecule has 1 heterocycles. The number of aryl methyl sites for hydroxylation is 1. The molecule has 1 unspecified atom stereocenters. The fourth-order valence-electron chi connectivity index (χ4n) is 1.45. The molecule has 1 atom stereocenters. The van der Waals surface area contributed by atoms with E-state index in [0.29, 0.717) is 5.56 Å². The van der Waals surface area contributed by atoms with Crippen LogP contribution in [0.15, 0.2) is 24.3 Å². The Bertz CT molecular complexity index is 407. The number of hydrogen-bond donors (Lipinski definition) is 0. The van der Waals surface area contributed by atoms with Gasteiger partial charge in [-0.1, -0.05) is 17.7 Å². The Hall–Kier alpha value is -1.45. The molecule has 0 aromatic heterocycles. The first kappa shape index (κ1) is 10.1. The highest BCUT2D eigenvalue weighted by molar-refractivity contribution is 5.61. The van der Waals surface area contributed by atoms with Gasteiger partial charge in [0.1, 0.15) is 5.75 Å². The summed E-state index contributed by atoms with van der Waals surface area (Å²) in [7, 11) is 0. The van der Waals surface area contributed by atoms with Gasteiger partial charge in [-0.25, -0.2) is 0 Å². The minimum Gasteiger partial charge on any atom is -0.476 e. The molecule has 0 N–H and O–H groups in total. The van der Waals surface area contributed by atoms with Gasteiger partial charge in [-0.05, 0) is 25.1 Å². The fraction of sp³-hybridized carbons (Fsp3) is 0.273. The second-order valence-electron chi connectivity index (χ2n) is 3.48. The largest absolute Gasteiger partial charge is 0.476 e. The van der Waals surface area contributed by atoms with Gasteiger partial charge >= 0.3 is 6.18 Å². The predicted molar refractivity (Wildman–Crippen MR) is 50.7 cm³/mol. The minimum atomic E-state index is -4.35. The van der Waals surface area contributed by atoms with E-state index in [1.807, 2.05) is 6.92 Å². The summed E-state index contributed by atoms with van der Waals surface area (Å²) in [5.41, 5.74) is 1.68. The van der Waals surface area contributed by atoms with E-state index >= 15 is 0 Å². The SMILES string of the molecule is Cc1ccc2c(c1)C=CC(C(F)(F)F)O2. The van der Waals surface area contributed by atoms with E-state index in [2.05, 4.69) is 0 Å². The van der Waals surface area contributed by atoms with Gasteiger partial charge in [-0.2, -0.15) is 13.2 Å². The minimum absolute atomic E-state index is 0.283. The quantitative estimate of drug-likeness (QED) is 0.643. The van der Waals surface area contributed by atoms with E-state index < -0.39 is 12.3 Å². The van der Waals surface area contributed by atoms with Gasteiger partial charge in [0.25, 0.3) is 0 Å². The summed E-state index contributed by atoms with van der Waals surface area (Å²) >= 11 is 0. The molecule has 2 rings (SSSR count). The second-order valence-corrected chi connectivity index (χ2v) is 3.48. The van der Waals surface area contributed by atoms with E-state index in [1.54, 1.807) is 18.2 Å². The van der Waals surface area contributed by atoms with Crippen molar-refractivity contribution in [1.29, 1.82) is 0 Å².